The standard InChI is InChI=1S/C6H4Cl2NO2S/c7-4-2-1-3-5(8)6(4)12(9,10)11/h1-3,9H. The van der Waals surface area contributed by atoms with Crippen LogP contribution in [0.2, 0.25) is 10.0 Å². The number of nitrogens with one attached hydrogen (secondary N) is 1. The van der Waals surface area contributed by atoms with E-state index < -0.39 is 10.0 Å². The normalized spacial score (nSPS) is 11.6. The van der Waals surface area contributed by atoms with E-state index in [1.165, 1.54) is 18.2 Å². The zero-order valence-corrected chi connectivity index (χ0v) is 8.04. The molecule has 1 rings (SSSR count). The van der Waals surface area contributed by atoms with Gasteiger partial charge in [-0.25, -0.2) is 8.42 Å². The van der Waals surface area contributed by atoms with Crippen LogP contribution in [0, 0.1) is 0 Å². The van der Waals surface area contributed by atoms with Gasteiger partial charge in [-0.3, -0.25) is 0 Å². The van der Waals surface area contributed by atoms with E-state index in [-0.39, 0.29) is 14.9 Å². The number of hydrogen-bond acceptors (Lipinski definition) is 2. The van der Waals surface area contributed by atoms with E-state index in [1.54, 1.807) is 0 Å². The Morgan fingerprint density at radius 3 is 1.83 bits per heavy atom. The number of rotatable bonds is 1. The second kappa shape index (κ2) is 3.22. The fraction of sp³-hybridized carbons (Fsp3) is 0. The van der Waals surface area contributed by atoms with E-state index in [1.807, 2.05) is 0 Å². The van der Waals surface area contributed by atoms with Crippen molar-refractivity contribution in [3.8, 4) is 0 Å². The smallest absolute Gasteiger partial charge is 0.206 e. The van der Waals surface area contributed by atoms with Crippen LogP contribution in [0.4, 0.5) is 0 Å². The Balaban J connectivity index is 3.53. The molecule has 1 N–H and O–H groups in total. The van der Waals surface area contributed by atoms with Crippen molar-refractivity contribution in [1.82, 2.24) is 5.14 Å². The maximum Gasteiger partial charge on any atom is 0.257 e. The molecule has 0 bridgehead atoms. The lowest BCUT2D eigenvalue weighted by atomic mass is 10.4. The van der Waals surface area contributed by atoms with Gasteiger partial charge in [0.2, 0.25) is 0 Å². The van der Waals surface area contributed by atoms with Crippen LogP contribution in [0.15, 0.2) is 23.1 Å². The molecule has 0 aliphatic rings. The molecule has 0 saturated carbocycles. The van der Waals surface area contributed by atoms with Gasteiger partial charge in [-0.15, -0.1) is 5.14 Å². The molecule has 1 aromatic rings. The summed E-state index contributed by atoms with van der Waals surface area (Å²) in [4.78, 5) is -0.340. The summed E-state index contributed by atoms with van der Waals surface area (Å²) >= 11 is 11.1. The van der Waals surface area contributed by atoms with E-state index in [4.69, 9.17) is 28.3 Å². The second-order valence-electron chi connectivity index (χ2n) is 2.05. The van der Waals surface area contributed by atoms with Gasteiger partial charge in [-0.1, -0.05) is 29.3 Å². The van der Waals surface area contributed by atoms with Gasteiger partial charge in [0, 0.05) is 0 Å². The predicted molar refractivity (Wildman–Crippen MR) is 46.7 cm³/mol. The molecule has 0 amide bonds. The first-order chi connectivity index (χ1) is 5.43. The lowest BCUT2D eigenvalue weighted by molar-refractivity contribution is 0.596. The lowest BCUT2D eigenvalue weighted by Gasteiger charge is -2.01. The number of sulfonamides is 1. The van der Waals surface area contributed by atoms with Gasteiger partial charge in [0.25, 0.3) is 10.0 Å². The van der Waals surface area contributed by atoms with Crippen LogP contribution in [0.25, 0.3) is 0 Å². The third-order valence-electron chi connectivity index (χ3n) is 1.19. The molecule has 0 fully saturated rings. The predicted octanol–water partition coefficient (Wildman–Crippen LogP) is 1.97. The van der Waals surface area contributed by atoms with Gasteiger partial charge in [-0.05, 0) is 12.1 Å². The molecule has 0 unspecified atom stereocenters. The topological polar surface area (TPSA) is 57.9 Å². The monoisotopic (exact) mass is 224 g/mol. The van der Waals surface area contributed by atoms with Gasteiger partial charge < -0.3 is 0 Å². The van der Waals surface area contributed by atoms with Gasteiger partial charge in [0.15, 0.2) is 0 Å². The molecule has 0 heterocycles. The third-order valence-corrected chi connectivity index (χ3v) is 3.02. The Kier molecular flexibility index (Phi) is 2.63. The summed E-state index contributed by atoms with van der Waals surface area (Å²) in [7, 11) is -4.08. The summed E-state index contributed by atoms with van der Waals surface area (Å²) in [6, 6.07) is 4.25. The van der Waals surface area contributed by atoms with Gasteiger partial charge in [-0.2, -0.15) is 0 Å². The maximum atomic E-state index is 10.8. The van der Waals surface area contributed by atoms with Crippen LogP contribution in [0.3, 0.4) is 0 Å². The highest BCUT2D eigenvalue weighted by Gasteiger charge is 2.17. The van der Waals surface area contributed by atoms with Crippen LogP contribution in [0.5, 0.6) is 0 Å². The summed E-state index contributed by atoms with van der Waals surface area (Å²) in [6.45, 7) is 0. The van der Waals surface area contributed by atoms with Crippen molar-refractivity contribution in [1.29, 1.82) is 0 Å². The summed E-state index contributed by atoms with van der Waals surface area (Å²) in [5.74, 6) is 0. The highest BCUT2D eigenvalue weighted by atomic mass is 35.5. The first-order valence-corrected chi connectivity index (χ1v) is 5.10. The average Bonchev–Trinajstić information content (AvgIpc) is 1.82. The Labute approximate surface area is 80.1 Å². The fourth-order valence-corrected chi connectivity index (χ4v) is 2.40. The number of benzene rings is 1. The Bertz CT molecular complexity index is 382. The molecule has 0 spiro atoms. The van der Waals surface area contributed by atoms with E-state index in [9.17, 15) is 8.42 Å². The van der Waals surface area contributed by atoms with Crippen LogP contribution in [0.1, 0.15) is 0 Å². The Hall–Kier alpha value is -0.290. The molecule has 1 aromatic carbocycles. The van der Waals surface area contributed by atoms with Crippen LogP contribution in [-0.4, -0.2) is 8.42 Å². The zero-order chi connectivity index (χ0) is 9.35. The molecular weight excluding hydrogens is 221 g/mol. The third kappa shape index (κ3) is 1.90. The molecule has 12 heavy (non-hydrogen) atoms. The van der Waals surface area contributed by atoms with Gasteiger partial charge in [0.05, 0.1) is 10.0 Å². The van der Waals surface area contributed by atoms with Gasteiger partial charge in [0.1, 0.15) is 4.90 Å². The highest BCUT2D eigenvalue weighted by Crippen LogP contribution is 2.27. The van der Waals surface area contributed by atoms with E-state index in [2.05, 4.69) is 0 Å². The minimum Gasteiger partial charge on any atom is -0.206 e. The van der Waals surface area contributed by atoms with Crippen LogP contribution >= 0.6 is 23.2 Å². The lowest BCUT2D eigenvalue weighted by Crippen LogP contribution is -2.02. The zero-order valence-electron chi connectivity index (χ0n) is 5.71. The summed E-state index contributed by atoms with van der Waals surface area (Å²) in [6.07, 6.45) is 0. The van der Waals surface area contributed by atoms with Crippen molar-refractivity contribution in [3.05, 3.63) is 28.2 Å². The first-order valence-electron chi connectivity index (χ1n) is 2.86. The van der Waals surface area contributed by atoms with Gasteiger partial charge >= 0.3 is 0 Å². The maximum absolute atomic E-state index is 10.8. The Morgan fingerprint density at radius 2 is 1.58 bits per heavy atom. The van der Waals surface area contributed by atoms with Crippen LogP contribution < -0.4 is 5.14 Å². The van der Waals surface area contributed by atoms with Crippen molar-refractivity contribution >= 4 is 33.2 Å². The molecule has 1 radical (unpaired) electrons. The SMILES string of the molecule is [NH]S(=O)(=O)c1c(Cl)cccc1Cl. The van der Waals surface area contributed by atoms with E-state index >= 15 is 0 Å². The summed E-state index contributed by atoms with van der Waals surface area (Å²) in [5.41, 5.74) is 0. The van der Waals surface area contributed by atoms with Crippen molar-refractivity contribution < 1.29 is 8.42 Å². The molecule has 0 saturated heterocycles. The Morgan fingerprint density at radius 1 is 1.17 bits per heavy atom. The minimum atomic E-state index is -4.08. The molecule has 6 heteroatoms. The second-order valence-corrected chi connectivity index (χ2v) is 4.28. The first kappa shape index (κ1) is 9.80. The quantitative estimate of drug-likeness (QED) is 0.733. The van der Waals surface area contributed by atoms with Crippen molar-refractivity contribution in [2.24, 2.45) is 0 Å². The average molecular weight is 225 g/mol. The largest absolute Gasteiger partial charge is 0.257 e. The number of hydrogen-bond donors (Lipinski definition) is 0. The highest BCUT2D eigenvalue weighted by molar-refractivity contribution is 7.89. The van der Waals surface area contributed by atoms with Crippen molar-refractivity contribution in [2.75, 3.05) is 0 Å². The van der Waals surface area contributed by atoms with Crippen molar-refractivity contribution in [2.45, 2.75) is 4.90 Å². The minimum absolute atomic E-state index is 0.0301. The fourth-order valence-electron chi connectivity index (χ4n) is 0.739. The summed E-state index contributed by atoms with van der Waals surface area (Å²) in [5, 5.41) is 6.70. The molecule has 0 aliphatic carbocycles. The van der Waals surface area contributed by atoms with Crippen molar-refractivity contribution in [3.63, 3.8) is 0 Å². The number of halogens is 2. The van der Waals surface area contributed by atoms with E-state index in [0.717, 1.165) is 0 Å². The van der Waals surface area contributed by atoms with Crippen LogP contribution in [-0.2, 0) is 10.0 Å². The molecule has 65 valence electrons. The molecular formula is C6H4Cl2NO2S. The van der Waals surface area contributed by atoms with E-state index in [0.29, 0.717) is 0 Å². The molecule has 0 aromatic heterocycles. The molecule has 3 nitrogen and oxygen atoms in total. The molecule has 0 atom stereocenters. The summed E-state index contributed by atoms with van der Waals surface area (Å²) < 4.78 is 21.5. The molecule has 0 aliphatic heterocycles.